The third-order valence-corrected chi connectivity index (χ3v) is 8.93. The Bertz CT molecular complexity index is 1550. The lowest BCUT2D eigenvalue weighted by Gasteiger charge is -2.44. The number of hydrogen-bond acceptors (Lipinski definition) is 4. The monoisotopic (exact) mass is 543 g/mol. The normalized spacial score (nSPS) is 17.2. The van der Waals surface area contributed by atoms with Gasteiger partial charge in [0.15, 0.2) is 0 Å². The molecule has 2 aromatic carbocycles. The van der Waals surface area contributed by atoms with Gasteiger partial charge in [0.2, 0.25) is 0 Å². The molecule has 2 saturated carbocycles. The second-order valence-electron chi connectivity index (χ2n) is 11.7. The second kappa shape index (κ2) is 10.4. The SMILES string of the molecule is CC(C)C1(c2ncc(-c3ccc4nc5n(c4c3)CCC5)cn2)CCC1.CN(F)C(=O)c1ccc(F)c(C2CC2)c1. The van der Waals surface area contributed by atoms with E-state index in [2.05, 4.69) is 36.6 Å². The van der Waals surface area contributed by atoms with Gasteiger partial charge in [-0.2, -0.15) is 5.12 Å². The van der Waals surface area contributed by atoms with E-state index in [0.29, 0.717) is 11.5 Å². The van der Waals surface area contributed by atoms with Crippen LogP contribution in [-0.4, -0.2) is 37.6 Å². The fourth-order valence-corrected chi connectivity index (χ4v) is 6.10. The van der Waals surface area contributed by atoms with Crippen LogP contribution < -0.4 is 0 Å². The molecule has 0 bridgehead atoms. The molecule has 40 heavy (non-hydrogen) atoms. The van der Waals surface area contributed by atoms with E-state index in [1.807, 2.05) is 12.4 Å². The van der Waals surface area contributed by atoms with Crippen LogP contribution in [0.25, 0.3) is 22.2 Å². The summed E-state index contributed by atoms with van der Waals surface area (Å²) >= 11 is 0. The zero-order valence-corrected chi connectivity index (χ0v) is 23.3. The predicted molar refractivity (Wildman–Crippen MR) is 151 cm³/mol. The van der Waals surface area contributed by atoms with E-state index >= 15 is 0 Å². The molecule has 208 valence electrons. The molecule has 3 aliphatic rings. The minimum atomic E-state index is -0.739. The van der Waals surface area contributed by atoms with Gasteiger partial charge in [-0.3, -0.25) is 4.79 Å². The lowest BCUT2D eigenvalue weighted by atomic mass is 9.61. The summed E-state index contributed by atoms with van der Waals surface area (Å²) in [5, 5.41) is 0.00389. The molecule has 0 radical (unpaired) electrons. The first-order valence-electron chi connectivity index (χ1n) is 14.3. The minimum absolute atomic E-state index is 0.00389. The Kier molecular flexibility index (Phi) is 6.88. The lowest BCUT2D eigenvalue weighted by molar-refractivity contribution is 0.0343. The van der Waals surface area contributed by atoms with E-state index in [9.17, 15) is 13.7 Å². The summed E-state index contributed by atoms with van der Waals surface area (Å²) in [4.78, 5) is 25.6. The lowest BCUT2D eigenvalue weighted by Crippen LogP contribution is -2.41. The number of aromatic nitrogens is 4. The molecule has 7 rings (SSSR count). The van der Waals surface area contributed by atoms with Crippen LogP contribution in [0.15, 0.2) is 48.8 Å². The Hall–Kier alpha value is -3.68. The fourth-order valence-electron chi connectivity index (χ4n) is 6.10. The molecule has 3 heterocycles. The first-order valence-corrected chi connectivity index (χ1v) is 14.3. The first kappa shape index (κ1) is 26.5. The van der Waals surface area contributed by atoms with Crippen molar-refractivity contribution >= 4 is 16.9 Å². The molecule has 1 aliphatic heterocycles. The summed E-state index contributed by atoms with van der Waals surface area (Å²) in [5.74, 6) is 2.01. The zero-order chi connectivity index (χ0) is 28.0. The van der Waals surface area contributed by atoms with Crippen molar-refractivity contribution in [2.45, 2.75) is 76.7 Å². The van der Waals surface area contributed by atoms with Crippen LogP contribution in [0, 0.1) is 11.7 Å². The Morgan fingerprint density at radius 1 is 1.05 bits per heavy atom. The average Bonchev–Trinajstić information content (AvgIpc) is 3.56. The highest BCUT2D eigenvalue weighted by Crippen LogP contribution is 2.47. The van der Waals surface area contributed by atoms with Crippen LogP contribution in [0.2, 0.25) is 0 Å². The first-order chi connectivity index (χ1) is 19.3. The Morgan fingerprint density at radius 3 is 2.42 bits per heavy atom. The summed E-state index contributed by atoms with van der Waals surface area (Å²) in [6, 6.07) is 10.5. The van der Waals surface area contributed by atoms with Gasteiger partial charge in [-0.05, 0) is 85.4 Å². The van der Waals surface area contributed by atoms with Crippen molar-refractivity contribution in [1.82, 2.24) is 24.6 Å². The Balaban J connectivity index is 0.000000165. The van der Waals surface area contributed by atoms with Gasteiger partial charge >= 0.3 is 0 Å². The highest BCUT2D eigenvalue weighted by Gasteiger charge is 2.43. The van der Waals surface area contributed by atoms with Crippen molar-refractivity contribution in [2.24, 2.45) is 5.92 Å². The molecule has 0 atom stereocenters. The molecule has 8 heteroatoms. The van der Waals surface area contributed by atoms with Gasteiger partial charge in [0, 0.05) is 48.9 Å². The smallest absolute Gasteiger partial charge is 0.281 e. The van der Waals surface area contributed by atoms with E-state index < -0.39 is 5.91 Å². The van der Waals surface area contributed by atoms with Crippen molar-refractivity contribution < 1.29 is 13.7 Å². The van der Waals surface area contributed by atoms with E-state index in [0.717, 1.165) is 49.8 Å². The van der Waals surface area contributed by atoms with Crippen LogP contribution in [0.5, 0.6) is 0 Å². The number of imidazole rings is 1. The fraction of sp³-hybridized carbons (Fsp3) is 0.438. The largest absolute Gasteiger partial charge is 0.328 e. The van der Waals surface area contributed by atoms with Crippen molar-refractivity contribution in [2.75, 3.05) is 7.05 Å². The minimum Gasteiger partial charge on any atom is -0.328 e. The van der Waals surface area contributed by atoms with Crippen molar-refractivity contribution in [3.05, 3.63) is 77.4 Å². The van der Waals surface area contributed by atoms with E-state index in [1.165, 1.54) is 60.8 Å². The van der Waals surface area contributed by atoms with Crippen LogP contribution in [0.4, 0.5) is 8.87 Å². The van der Waals surface area contributed by atoms with Gasteiger partial charge in [0.25, 0.3) is 5.91 Å². The molecule has 1 amide bonds. The van der Waals surface area contributed by atoms with Crippen molar-refractivity contribution in [3.8, 4) is 11.1 Å². The van der Waals surface area contributed by atoms with E-state index in [-0.39, 0.29) is 27.8 Å². The maximum absolute atomic E-state index is 13.3. The number of nitrogens with zero attached hydrogens (tertiary/aromatic N) is 5. The van der Waals surface area contributed by atoms with Crippen LogP contribution in [0.1, 0.15) is 85.9 Å². The molecule has 6 nitrogen and oxygen atoms in total. The van der Waals surface area contributed by atoms with Gasteiger partial charge in [-0.25, -0.2) is 19.3 Å². The molecular formula is C32H35F2N5O. The number of fused-ring (bicyclic) bond motifs is 3. The summed E-state index contributed by atoms with van der Waals surface area (Å²) < 4.78 is 28.3. The second-order valence-corrected chi connectivity index (χ2v) is 11.7. The number of benzene rings is 2. The Morgan fingerprint density at radius 2 is 1.80 bits per heavy atom. The third-order valence-electron chi connectivity index (χ3n) is 8.93. The molecule has 0 N–H and O–H groups in total. The van der Waals surface area contributed by atoms with Crippen LogP contribution in [-0.2, 0) is 18.4 Å². The number of halogens is 2. The highest BCUT2D eigenvalue weighted by atomic mass is 19.2. The number of aryl methyl sites for hydroxylation is 2. The molecule has 2 aliphatic carbocycles. The summed E-state index contributed by atoms with van der Waals surface area (Å²) in [5.41, 5.74) is 5.55. The molecular weight excluding hydrogens is 508 g/mol. The molecule has 4 aromatic rings. The standard InChI is InChI=1S/C21H24N4.C11H11F2NO/c1-14(2)21(8-4-9-21)20-22-12-16(13-23-20)15-6-7-17-18(11-15)25-10-3-5-19(25)24-17;1-14(13)11(15)8-4-5-10(12)9(6-8)7-2-3-7/h6-7,11-14H,3-5,8-10H2,1-2H3;4-7H,2-3H2,1H3. The number of rotatable bonds is 5. The van der Waals surface area contributed by atoms with Gasteiger partial charge in [-0.1, -0.05) is 30.8 Å². The number of amides is 1. The molecule has 2 fully saturated rings. The Labute approximate surface area is 233 Å². The zero-order valence-electron chi connectivity index (χ0n) is 23.3. The van der Waals surface area contributed by atoms with Crippen LogP contribution in [0.3, 0.4) is 0 Å². The molecule has 0 saturated heterocycles. The van der Waals surface area contributed by atoms with Crippen molar-refractivity contribution in [1.29, 1.82) is 0 Å². The quantitative estimate of drug-likeness (QED) is 0.250. The maximum Gasteiger partial charge on any atom is 0.281 e. The molecule has 2 aromatic heterocycles. The number of carbonyl (C=O) groups is 1. The predicted octanol–water partition coefficient (Wildman–Crippen LogP) is 7.18. The maximum atomic E-state index is 13.3. The van der Waals surface area contributed by atoms with Crippen LogP contribution >= 0.6 is 0 Å². The highest BCUT2D eigenvalue weighted by molar-refractivity contribution is 5.93. The average molecular weight is 544 g/mol. The topological polar surface area (TPSA) is 63.9 Å². The van der Waals surface area contributed by atoms with E-state index in [1.54, 1.807) is 0 Å². The van der Waals surface area contributed by atoms with Gasteiger partial charge in [0.1, 0.15) is 17.5 Å². The van der Waals surface area contributed by atoms with Gasteiger partial charge in [0.05, 0.1) is 11.0 Å². The van der Waals surface area contributed by atoms with Crippen molar-refractivity contribution in [3.63, 3.8) is 0 Å². The number of carbonyl (C=O) groups excluding carboxylic acids is 1. The van der Waals surface area contributed by atoms with Gasteiger partial charge < -0.3 is 4.57 Å². The molecule has 0 spiro atoms. The number of hydrogen-bond donors (Lipinski definition) is 0. The summed E-state index contributed by atoms with van der Waals surface area (Å²) in [7, 11) is 1.03. The molecule has 0 unspecified atom stereocenters. The van der Waals surface area contributed by atoms with Gasteiger partial charge in [-0.15, -0.1) is 0 Å². The third kappa shape index (κ3) is 4.78. The summed E-state index contributed by atoms with van der Waals surface area (Å²) in [6.07, 6.45) is 11.9. The van der Waals surface area contributed by atoms with E-state index in [4.69, 9.17) is 15.0 Å². The summed E-state index contributed by atoms with van der Waals surface area (Å²) in [6.45, 7) is 5.68.